The number of nitrogens with one attached hydrogen (secondary N) is 2. The highest BCUT2D eigenvalue weighted by molar-refractivity contribution is 8.00. The van der Waals surface area contributed by atoms with Gasteiger partial charge in [-0.05, 0) is 29.8 Å². The minimum atomic E-state index is -0.505. The number of H-pyrrole nitrogens is 1. The lowest BCUT2D eigenvalue weighted by molar-refractivity contribution is -0.115. The smallest absolute Gasteiger partial charge is 0.242 e. The topological polar surface area (TPSA) is 70.7 Å². The molecule has 2 aromatic carbocycles. The molecule has 23 heavy (non-hydrogen) atoms. The molecule has 0 aliphatic rings. The molecule has 0 radical (unpaired) electrons. The fraction of sp³-hybridized carbons (Fsp3) is 0.0625. The maximum absolute atomic E-state index is 13.0. The molecule has 1 amide bonds. The Kier molecular flexibility index (Phi) is 4.68. The van der Waals surface area contributed by atoms with Gasteiger partial charge in [0.15, 0.2) is 5.16 Å². The third-order valence-electron chi connectivity index (χ3n) is 3.07. The van der Waals surface area contributed by atoms with E-state index in [4.69, 9.17) is 0 Å². The number of aromatic amines is 1. The SMILES string of the molecule is O=C(Nc1ccc(F)cc1)C(Sc1ncn[nH]1)c1ccccc1. The molecule has 0 aliphatic carbocycles. The highest BCUT2D eigenvalue weighted by atomic mass is 32.2. The molecule has 1 heterocycles. The molecule has 0 bridgehead atoms. The summed E-state index contributed by atoms with van der Waals surface area (Å²) in [6.07, 6.45) is 1.39. The van der Waals surface area contributed by atoms with Crippen LogP contribution in [0.1, 0.15) is 10.8 Å². The lowest BCUT2D eigenvalue weighted by Crippen LogP contribution is -2.19. The van der Waals surface area contributed by atoms with Crippen molar-refractivity contribution >= 4 is 23.4 Å². The third-order valence-corrected chi connectivity index (χ3v) is 4.22. The number of nitrogens with zero attached hydrogens (tertiary/aromatic N) is 2. The number of anilines is 1. The van der Waals surface area contributed by atoms with Crippen molar-refractivity contribution in [3.8, 4) is 0 Å². The minimum absolute atomic E-state index is 0.218. The average Bonchev–Trinajstić information content (AvgIpc) is 3.09. The number of thioether (sulfide) groups is 1. The standard InChI is InChI=1S/C16H13FN4OS/c17-12-6-8-13(9-7-12)20-15(22)14(11-4-2-1-3-5-11)23-16-18-10-19-21-16/h1-10,14H,(H,20,22)(H,18,19,21). The van der Waals surface area contributed by atoms with Gasteiger partial charge in [-0.25, -0.2) is 9.37 Å². The van der Waals surface area contributed by atoms with Crippen LogP contribution in [0.2, 0.25) is 0 Å². The largest absolute Gasteiger partial charge is 0.325 e. The molecule has 3 rings (SSSR count). The Morgan fingerprint density at radius 2 is 1.87 bits per heavy atom. The van der Waals surface area contributed by atoms with Crippen LogP contribution in [-0.4, -0.2) is 21.1 Å². The Balaban J connectivity index is 1.82. The Labute approximate surface area is 136 Å². The van der Waals surface area contributed by atoms with E-state index in [1.54, 1.807) is 0 Å². The summed E-state index contributed by atoms with van der Waals surface area (Å²) in [4.78, 5) is 16.7. The van der Waals surface area contributed by atoms with Crippen molar-refractivity contribution in [2.24, 2.45) is 0 Å². The summed E-state index contributed by atoms with van der Waals surface area (Å²) in [6.45, 7) is 0. The number of hydrogen-bond donors (Lipinski definition) is 2. The third kappa shape index (κ3) is 3.95. The molecule has 7 heteroatoms. The first-order chi connectivity index (χ1) is 11.2. The Morgan fingerprint density at radius 3 is 2.52 bits per heavy atom. The van der Waals surface area contributed by atoms with Crippen LogP contribution in [0.15, 0.2) is 66.1 Å². The number of hydrogen-bond acceptors (Lipinski definition) is 4. The molecule has 116 valence electrons. The molecular weight excluding hydrogens is 315 g/mol. The zero-order chi connectivity index (χ0) is 16.1. The molecule has 0 fully saturated rings. The van der Waals surface area contributed by atoms with Gasteiger partial charge in [0.2, 0.25) is 5.91 Å². The summed E-state index contributed by atoms with van der Waals surface area (Å²) >= 11 is 1.26. The zero-order valence-electron chi connectivity index (χ0n) is 11.9. The van der Waals surface area contributed by atoms with Crippen LogP contribution < -0.4 is 5.32 Å². The first-order valence-electron chi connectivity index (χ1n) is 6.86. The zero-order valence-corrected chi connectivity index (χ0v) is 12.8. The number of rotatable bonds is 5. The van der Waals surface area contributed by atoms with Crippen molar-refractivity contribution in [2.45, 2.75) is 10.4 Å². The number of carbonyl (C=O) groups excluding carboxylic acids is 1. The molecule has 5 nitrogen and oxygen atoms in total. The van der Waals surface area contributed by atoms with Gasteiger partial charge in [0, 0.05) is 5.69 Å². The van der Waals surface area contributed by atoms with Gasteiger partial charge in [-0.3, -0.25) is 9.89 Å². The van der Waals surface area contributed by atoms with E-state index in [1.807, 2.05) is 30.3 Å². The summed E-state index contributed by atoms with van der Waals surface area (Å²) in [6, 6.07) is 15.0. The molecule has 2 N–H and O–H groups in total. The van der Waals surface area contributed by atoms with Crippen LogP contribution in [-0.2, 0) is 4.79 Å². The van der Waals surface area contributed by atoms with Crippen molar-refractivity contribution in [3.05, 3.63) is 72.3 Å². The molecule has 0 saturated heterocycles. The first kappa shape index (κ1) is 15.2. The van der Waals surface area contributed by atoms with E-state index in [0.29, 0.717) is 10.8 Å². The van der Waals surface area contributed by atoms with E-state index in [-0.39, 0.29) is 11.7 Å². The Bertz CT molecular complexity index is 763. The monoisotopic (exact) mass is 328 g/mol. The molecule has 3 aromatic rings. The molecule has 1 unspecified atom stereocenters. The predicted molar refractivity (Wildman–Crippen MR) is 86.5 cm³/mol. The lowest BCUT2D eigenvalue weighted by atomic mass is 10.1. The number of halogens is 1. The van der Waals surface area contributed by atoms with Crippen LogP contribution in [0.25, 0.3) is 0 Å². The first-order valence-corrected chi connectivity index (χ1v) is 7.74. The van der Waals surface area contributed by atoms with E-state index in [0.717, 1.165) is 5.56 Å². The number of aromatic nitrogens is 3. The fourth-order valence-electron chi connectivity index (χ4n) is 2.00. The van der Waals surface area contributed by atoms with Crippen LogP contribution in [0.3, 0.4) is 0 Å². The second-order valence-electron chi connectivity index (χ2n) is 4.70. The molecular formula is C16H13FN4OS. The predicted octanol–water partition coefficient (Wildman–Crippen LogP) is 3.42. The molecule has 0 aliphatic heterocycles. The highest BCUT2D eigenvalue weighted by Crippen LogP contribution is 2.34. The minimum Gasteiger partial charge on any atom is -0.325 e. The summed E-state index contributed by atoms with van der Waals surface area (Å²) in [7, 11) is 0. The van der Waals surface area contributed by atoms with Crippen LogP contribution >= 0.6 is 11.8 Å². The fourth-order valence-corrected chi connectivity index (χ4v) is 2.90. The van der Waals surface area contributed by atoms with Gasteiger partial charge in [-0.2, -0.15) is 5.10 Å². The highest BCUT2D eigenvalue weighted by Gasteiger charge is 2.23. The van der Waals surface area contributed by atoms with Crippen LogP contribution in [0.5, 0.6) is 0 Å². The number of carbonyl (C=O) groups is 1. The molecule has 0 spiro atoms. The average molecular weight is 328 g/mol. The van der Waals surface area contributed by atoms with Crippen molar-refractivity contribution in [3.63, 3.8) is 0 Å². The van der Waals surface area contributed by atoms with Crippen molar-refractivity contribution in [2.75, 3.05) is 5.32 Å². The van der Waals surface area contributed by atoms with Gasteiger partial charge in [0.1, 0.15) is 17.4 Å². The van der Waals surface area contributed by atoms with Gasteiger partial charge >= 0.3 is 0 Å². The van der Waals surface area contributed by atoms with Gasteiger partial charge in [-0.1, -0.05) is 42.1 Å². The summed E-state index contributed by atoms with van der Waals surface area (Å²) in [5, 5.41) is 9.36. The second kappa shape index (κ2) is 7.06. The normalized spacial score (nSPS) is 11.9. The van der Waals surface area contributed by atoms with Crippen molar-refractivity contribution in [1.29, 1.82) is 0 Å². The van der Waals surface area contributed by atoms with Gasteiger partial charge in [-0.15, -0.1) is 0 Å². The summed E-state index contributed by atoms with van der Waals surface area (Å²) in [5.41, 5.74) is 1.38. The Hall–Kier alpha value is -2.67. The number of amides is 1. The van der Waals surface area contributed by atoms with E-state index in [9.17, 15) is 9.18 Å². The van der Waals surface area contributed by atoms with E-state index in [1.165, 1.54) is 42.4 Å². The quantitative estimate of drug-likeness (QED) is 0.704. The van der Waals surface area contributed by atoms with E-state index in [2.05, 4.69) is 20.5 Å². The maximum atomic E-state index is 13.0. The van der Waals surface area contributed by atoms with Crippen LogP contribution in [0, 0.1) is 5.82 Å². The van der Waals surface area contributed by atoms with Gasteiger partial charge in [0.05, 0.1) is 0 Å². The number of benzene rings is 2. The maximum Gasteiger partial charge on any atom is 0.242 e. The summed E-state index contributed by atoms with van der Waals surface area (Å²) in [5.74, 6) is -0.567. The molecule has 1 atom stereocenters. The Morgan fingerprint density at radius 1 is 1.13 bits per heavy atom. The lowest BCUT2D eigenvalue weighted by Gasteiger charge is -2.15. The second-order valence-corrected chi connectivity index (χ2v) is 5.79. The van der Waals surface area contributed by atoms with Gasteiger partial charge in [0.25, 0.3) is 0 Å². The summed E-state index contributed by atoms with van der Waals surface area (Å²) < 4.78 is 13.0. The van der Waals surface area contributed by atoms with Crippen molar-refractivity contribution in [1.82, 2.24) is 15.2 Å². The molecule has 0 saturated carbocycles. The van der Waals surface area contributed by atoms with E-state index < -0.39 is 5.25 Å². The van der Waals surface area contributed by atoms with E-state index >= 15 is 0 Å². The van der Waals surface area contributed by atoms with Crippen molar-refractivity contribution < 1.29 is 9.18 Å². The van der Waals surface area contributed by atoms with Crippen LogP contribution in [0.4, 0.5) is 10.1 Å². The molecule has 1 aromatic heterocycles. The van der Waals surface area contributed by atoms with Gasteiger partial charge < -0.3 is 5.32 Å².